The third kappa shape index (κ3) is 7.73. The first-order chi connectivity index (χ1) is 8.83. The quantitative estimate of drug-likeness (QED) is 0.411. The van der Waals surface area contributed by atoms with Gasteiger partial charge in [0.2, 0.25) is 0 Å². The Balaban J connectivity index is 1.84. The van der Waals surface area contributed by atoms with Crippen LogP contribution in [-0.4, -0.2) is 12.6 Å². The molecule has 18 heavy (non-hydrogen) atoms. The SMILES string of the molecule is CCCCCCCCC(=O)OCCC1CCCC1. The maximum Gasteiger partial charge on any atom is 0.305 e. The molecule has 0 bridgehead atoms. The van der Waals surface area contributed by atoms with Crippen LogP contribution in [0.25, 0.3) is 0 Å². The van der Waals surface area contributed by atoms with Gasteiger partial charge in [-0.1, -0.05) is 64.7 Å². The smallest absolute Gasteiger partial charge is 0.305 e. The van der Waals surface area contributed by atoms with Crippen molar-refractivity contribution in [2.75, 3.05) is 6.61 Å². The lowest BCUT2D eigenvalue weighted by atomic mass is 10.1. The summed E-state index contributed by atoms with van der Waals surface area (Å²) in [6.07, 6.45) is 14.5. The Kier molecular flexibility index (Phi) is 8.97. The summed E-state index contributed by atoms with van der Waals surface area (Å²) in [6, 6.07) is 0. The van der Waals surface area contributed by atoms with Crippen molar-refractivity contribution in [3.63, 3.8) is 0 Å². The van der Waals surface area contributed by atoms with E-state index >= 15 is 0 Å². The van der Waals surface area contributed by atoms with Crippen LogP contribution in [-0.2, 0) is 9.53 Å². The van der Waals surface area contributed by atoms with Gasteiger partial charge in [-0.15, -0.1) is 0 Å². The molecule has 0 aromatic carbocycles. The molecule has 0 atom stereocenters. The molecule has 0 N–H and O–H groups in total. The Hall–Kier alpha value is -0.530. The van der Waals surface area contributed by atoms with Gasteiger partial charge < -0.3 is 4.74 Å². The minimum Gasteiger partial charge on any atom is -0.466 e. The highest BCUT2D eigenvalue weighted by Crippen LogP contribution is 2.27. The monoisotopic (exact) mass is 254 g/mol. The number of ether oxygens (including phenoxy) is 1. The topological polar surface area (TPSA) is 26.3 Å². The molecule has 0 aromatic heterocycles. The lowest BCUT2D eigenvalue weighted by Gasteiger charge is -2.09. The summed E-state index contributed by atoms with van der Waals surface area (Å²) >= 11 is 0. The average Bonchev–Trinajstić information content (AvgIpc) is 2.87. The van der Waals surface area contributed by atoms with Crippen LogP contribution in [0.5, 0.6) is 0 Å². The van der Waals surface area contributed by atoms with Crippen molar-refractivity contribution in [1.82, 2.24) is 0 Å². The number of hydrogen-bond acceptors (Lipinski definition) is 2. The van der Waals surface area contributed by atoms with E-state index in [0.717, 1.165) is 18.8 Å². The molecule has 0 heterocycles. The molecule has 0 spiro atoms. The maximum atomic E-state index is 11.5. The normalized spacial score (nSPS) is 16.1. The Morgan fingerprint density at radius 2 is 1.72 bits per heavy atom. The molecule has 0 aliphatic heterocycles. The van der Waals surface area contributed by atoms with Crippen molar-refractivity contribution >= 4 is 5.97 Å². The van der Waals surface area contributed by atoms with Gasteiger partial charge in [0.15, 0.2) is 0 Å². The number of carbonyl (C=O) groups is 1. The van der Waals surface area contributed by atoms with Crippen LogP contribution in [0.4, 0.5) is 0 Å². The van der Waals surface area contributed by atoms with Gasteiger partial charge in [0, 0.05) is 6.42 Å². The highest BCUT2D eigenvalue weighted by atomic mass is 16.5. The second-order valence-corrected chi connectivity index (χ2v) is 5.68. The Bertz CT molecular complexity index is 207. The van der Waals surface area contributed by atoms with Gasteiger partial charge in [-0.2, -0.15) is 0 Å². The van der Waals surface area contributed by atoms with E-state index in [1.54, 1.807) is 0 Å². The molecule has 0 aromatic rings. The fraction of sp³-hybridized carbons (Fsp3) is 0.938. The molecular weight excluding hydrogens is 224 g/mol. The standard InChI is InChI=1S/C16H30O2/c1-2-3-4-5-6-7-12-16(17)18-14-13-15-10-8-9-11-15/h15H,2-14H2,1H3. The van der Waals surface area contributed by atoms with Gasteiger partial charge in [-0.25, -0.2) is 0 Å². The van der Waals surface area contributed by atoms with Crippen LogP contribution in [0.1, 0.15) is 84.0 Å². The molecule has 1 saturated carbocycles. The van der Waals surface area contributed by atoms with E-state index in [-0.39, 0.29) is 5.97 Å². The second-order valence-electron chi connectivity index (χ2n) is 5.68. The van der Waals surface area contributed by atoms with E-state index in [1.807, 2.05) is 0 Å². The summed E-state index contributed by atoms with van der Waals surface area (Å²) in [7, 11) is 0. The summed E-state index contributed by atoms with van der Waals surface area (Å²) in [5, 5.41) is 0. The molecule has 2 nitrogen and oxygen atoms in total. The van der Waals surface area contributed by atoms with Gasteiger partial charge in [0.1, 0.15) is 0 Å². The highest BCUT2D eigenvalue weighted by molar-refractivity contribution is 5.69. The van der Waals surface area contributed by atoms with Crippen LogP contribution in [0.15, 0.2) is 0 Å². The Morgan fingerprint density at radius 1 is 1.06 bits per heavy atom. The summed E-state index contributed by atoms with van der Waals surface area (Å²) in [5.41, 5.74) is 0. The lowest BCUT2D eigenvalue weighted by Crippen LogP contribution is -2.08. The second kappa shape index (κ2) is 10.4. The van der Waals surface area contributed by atoms with Crippen LogP contribution < -0.4 is 0 Å². The number of rotatable bonds is 10. The molecule has 2 heteroatoms. The first-order valence-corrected chi connectivity index (χ1v) is 7.98. The van der Waals surface area contributed by atoms with Gasteiger partial charge in [-0.3, -0.25) is 4.79 Å². The zero-order chi connectivity index (χ0) is 13.1. The summed E-state index contributed by atoms with van der Waals surface area (Å²) in [5.74, 6) is 0.843. The third-order valence-electron chi connectivity index (χ3n) is 4.00. The summed E-state index contributed by atoms with van der Waals surface area (Å²) < 4.78 is 5.29. The number of esters is 1. The van der Waals surface area contributed by atoms with Gasteiger partial charge in [0.05, 0.1) is 6.61 Å². The van der Waals surface area contributed by atoms with Crippen LogP contribution in [0.3, 0.4) is 0 Å². The molecule has 1 fully saturated rings. The fourth-order valence-electron chi connectivity index (χ4n) is 2.76. The van der Waals surface area contributed by atoms with E-state index in [4.69, 9.17) is 4.74 Å². The highest BCUT2D eigenvalue weighted by Gasteiger charge is 2.15. The molecule has 0 radical (unpaired) electrons. The lowest BCUT2D eigenvalue weighted by molar-refractivity contribution is -0.144. The molecule has 1 aliphatic carbocycles. The third-order valence-corrected chi connectivity index (χ3v) is 4.00. The minimum absolute atomic E-state index is 0.0171. The van der Waals surface area contributed by atoms with Crippen molar-refractivity contribution in [2.24, 2.45) is 5.92 Å². The fourth-order valence-corrected chi connectivity index (χ4v) is 2.76. The van der Waals surface area contributed by atoms with Crippen LogP contribution in [0.2, 0.25) is 0 Å². The molecule has 0 saturated heterocycles. The average molecular weight is 254 g/mol. The molecule has 106 valence electrons. The number of hydrogen-bond donors (Lipinski definition) is 0. The van der Waals surface area contributed by atoms with Gasteiger partial charge in [-0.05, 0) is 18.8 Å². The summed E-state index contributed by atoms with van der Waals surface area (Å²) in [6.45, 7) is 2.88. The van der Waals surface area contributed by atoms with Crippen molar-refractivity contribution in [2.45, 2.75) is 84.0 Å². The first kappa shape index (κ1) is 15.5. The van der Waals surface area contributed by atoms with E-state index in [2.05, 4.69) is 6.92 Å². The van der Waals surface area contributed by atoms with Crippen molar-refractivity contribution < 1.29 is 9.53 Å². The van der Waals surface area contributed by atoms with E-state index < -0.39 is 0 Å². The van der Waals surface area contributed by atoms with Crippen molar-refractivity contribution in [3.8, 4) is 0 Å². The number of carbonyl (C=O) groups excluding carboxylic acids is 1. The van der Waals surface area contributed by atoms with Gasteiger partial charge >= 0.3 is 5.97 Å². The van der Waals surface area contributed by atoms with Crippen molar-refractivity contribution in [3.05, 3.63) is 0 Å². The number of unbranched alkanes of at least 4 members (excludes halogenated alkanes) is 5. The maximum absolute atomic E-state index is 11.5. The predicted molar refractivity (Wildman–Crippen MR) is 75.5 cm³/mol. The molecular formula is C16H30O2. The first-order valence-electron chi connectivity index (χ1n) is 7.98. The van der Waals surface area contributed by atoms with E-state index in [9.17, 15) is 4.79 Å². The van der Waals surface area contributed by atoms with Crippen LogP contribution >= 0.6 is 0 Å². The Morgan fingerprint density at radius 3 is 2.44 bits per heavy atom. The van der Waals surface area contributed by atoms with Gasteiger partial charge in [0.25, 0.3) is 0 Å². The van der Waals surface area contributed by atoms with Crippen molar-refractivity contribution in [1.29, 1.82) is 0 Å². The van der Waals surface area contributed by atoms with Crippen LogP contribution in [0, 0.1) is 5.92 Å². The molecule has 0 unspecified atom stereocenters. The Labute approximate surface area is 112 Å². The summed E-state index contributed by atoms with van der Waals surface area (Å²) in [4.78, 5) is 11.5. The predicted octanol–water partition coefficient (Wildman–Crippen LogP) is 4.86. The molecule has 0 amide bonds. The zero-order valence-corrected chi connectivity index (χ0v) is 12.1. The zero-order valence-electron chi connectivity index (χ0n) is 12.1. The van der Waals surface area contributed by atoms with E-state index in [1.165, 1.54) is 57.8 Å². The minimum atomic E-state index is 0.0171. The molecule has 1 aliphatic rings. The van der Waals surface area contributed by atoms with E-state index in [0.29, 0.717) is 13.0 Å². The molecule has 1 rings (SSSR count). The largest absolute Gasteiger partial charge is 0.466 e.